The molecule has 0 radical (unpaired) electrons. The van der Waals surface area contributed by atoms with Crippen LogP contribution in [0.2, 0.25) is 0 Å². The van der Waals surface area contributed by atoms with Crippen LogP contribution >= 0.6 is 0 Å². The molecule has 0 bridgehead atoms. The molecule has 0 spiro atoms. The summed E-state index contributed by atoms with van der Waals surface area (Å²) in [5, 5.41) is 2.12. The van der Waals surface area contributed by atoms with Gasteiger partial charge in [-0.2, -0.15) is 0 Å². The van der Waals surface area contributed by atoms with Crippen molar-refractivity contribution >= 4 is 0 Å². The van der Waals surface area contributed by atoms with E-state index >= 15 is 0 Å². The highest BCUT2D eigenvalue weighted by atomic mass is 16.7. The molecule has 66 valence electrons. The van der Waals surface area contributed by atoms with Crippen LogP contribution in [0.5, 0.6) is 0 Å². The second-order valence-corrected chi connectivity index (χ2v) is 2.63. The summed E-state index contributed by atoms with van der Waals surface area (Å²) in [6.45, 7) is 2.17. The summed E-state index contributed by atoms with van der Waals surface area (Å²) in [5.74, 6) is 0. The Morgan fingerprint density at radius 1 is 1.18 bits per heavy atom. The molecule has 0 aromatic heterocycles. The highest BCUT2D eigenvalue weighted by molar-refractivity contribution is 4.61. The maximum Gasteiger partial charge on any atom is 0.228 e. The van der Waals surface area contributed by atoms with Crippen LogP contribution in [0.3, 0.4) is 0 Å². The minimum atomic E-state index is -0.298. The predicted octanol–water partition coefficient (Wildman–Crippen LogP) is 0.163. The summed E-state index contributed by atoms with van der Waals surface area (Å²) in [6, 6.07) is 0. The SMILES string of the molecule is COC(NN1CCCC1)OC. The molecule has 4 heteroatoms. The second-order valence-electron chi connectivity index (χ2n) is 2.63. The predicted molar refractivity (Wildman–Crippen MR) is 41.7 cm³/mol. The average molecular weight is 160 g/mol. The fourth-order valence-corrected chi connectivity index (χ4v) is 1.20. The molecule has 1 saturated heterocycles. The molecule has 1 heterocycles. The Bertz CT molecular complexity index is 101. The zero-order valence-electron chi connectivity index (χ0n) is 7.17. The zero-order valence-corrected chi connectivity index (χ0v) is 7.17. The first-order chi connectivity index (χ1) is 5.36. The van der Waals surface area contributed by atoms with E-state index in [1.54, 1.807) is 14.2 Å². The van der Waals surface area contributed by atoms with Crippen LogP contribution in [0.25, 0.3) is 0 Å². The number of hydrogen-bond acceptors (Lipinski definition) is 4. The molecule has 1 fully saturated rings. The third-order valence-corrected chi connectivity index (χ3v) is 1.82. The van der Waals surface area contributed by atoms with Gasteiger partial charge in [0.05, 0.1) is 0 Å². The Kier molecular flexibility index (Phi) is 3.79. The molecule has 0 atom stereocenters. The number of hydrogen-bond donors (Lipinski definition) is 1. The fourth-order valence-electron chi connectivity index (χ4n) is 1.20. The lowest BCUT2D eigenvalue weighted by atomic mass is 10.4. The fraction of sp³-hybridized carbons (Fsp3) is 1.00. The monoisotopic (exact) mass is 160 g/mol. The molecule has 1 aliphatic rings. The van der Waals surface area contributed by atoms with Crippen molar-refractivity contribution in [1.29, 1.82) is 0 Å². The Morgan fingerprint density at radius 3 is 2.18 bits per heavy atom. The van der Waals surface area contributed by atoms with Crippen molar-refractivity contribution in [3.63, 3.8) is 0 Å². The first-order valence-corrected chi connectivity index (χ1v) is 3.93. The normalized spacial score (nSPS) is 19.9. The molecule has 0 unspecified atom stereocenters. The summed E-state index contributed by atoms with van der Waals surface area (Å²) in [6.07, 6.45) is 2.22. The van der Waals surface area contributed by atoms with E-state index in [2.05, 4.69) is 10.4 Å². The van der Waals surface area contributed by atoms with E-state index in [1.165, 1.54) is 12.8 Å². The van der Waals surface area contributed by atoms with Crippen molar-refractivity contribution < 1.29 is 9.47 Å². The molecule has 0 aromatic carbocycles. The molecule has 1 aliphatic heterocycles. The van der Waals surface area contributed by atoms with Crippen molar-refractivity contribution in [1.82, 2.24) is 10.4 Å². The average Bonchev–Trinajstić information content (AvgIpc) is 2.52. The van der Waals surface area contributed by atoms with Crippen molar-refractivity contribution in [2.75, 3.05) is 27.3 Å². The third kappa shape index (κ3) is 2.75. The van der Waals surface area contributed by atoms with Crippen LogP contribution in [0, 0.1) is 0 Å². The van der Waals surface area contributed by atoms with E-state index in [4.69, 9.17) is 9.47 Å². The molecule has 1 N–H and O–H groups in total. The molecule has 1 rings (SSSR count). The number of nitrogens with one attached hydrogen (secondary N) is 1. The number of methoxy groups -OCH3 is 2. The van der Waals surface area contributed by atoms with Crippen molar-refractivity contribution in [2.24, 2.45) is 0 Å². The Balaban J connectivity index is 2.16. The maximum atomic E-state index is 4.99. The quantitative estimate of drug-likeness (QED) is 0.594. The van der Waals surface area contributed by atoms with Crippen molar-refractivity contribution in [3.8, 4) is 0 Å². The third-order valence-electron chi connectivity index (χ3n) is 1.82. The van der Waals surface area contributed by atoms with Crippen LogP contribution in [0.4, 0.5) is 0 Å². The molecule has 0 amide bonds. The standard InChI is InChI=1S/C7H16N2O2/c1-10-7(11-2)8-9-5-3-4-6-9/h7-8H,3-6H2,1-2H3. The van der Waals surface area contributed by atoms with Gasteiger partial charge in [0.15, 0.2) is 0 Å². The number of hydrazine groups is 1. The number of rotatable bonds is 4. The molecular weight excluding hydrogens is 144 g/mol. The van der Waals surface area contributed by atoms with E-state index in [-0.39, 0.29) is 6.41 Å². The topological polar surface area (TPSA) is 33.7 Å². The molecule has 11 heavy (non-hydrogen) atoms. The van der Waals surface area contributed by atoms with Crippen LogP contribution in [-0.4, -0.2) is 38.7 Å². The minimum absolute atomic E-state index is 0.298. The van der Waals surface area contributed by atoms with Crippen LogP contribution in [0.15, 0.2) is 0 Å². The van der Waals surface area contributed by atoms with Crippen molar-refractivity contribution in [2.45, 2.75) is 19.3 Å². The van der Waals surface area contributed by atoms with Gasteiger partial charge in [0.25, 0.3) is 0 Å². The molecule has 0 aliphatic carbocycles. The first kappa shape index (κ1) is 8.93. The molecular formula is C7H16N2O2. The second kappa shape index (κ2) is 4.66. The zero-order chi connectivity index (χ0) is 8.10. The van der Waals surface area contributed by atoms with E-state index in [0.717, 1.165) is 13.1 Å². The van der Waals surface area contributed by atoms with Crippen LogP contribution in [0.1, 0.15) is 12.8 Å². The summed E-state index contributed by atoms with van der Waals surface area (Å²) in [4.78, 5) is 0. The molecule has 4 nitrogen and oxygen atoms in total. The van der Waals surface area contributed by atoms with Gasteiger partial charge in [0, 0.05) is 27.3 Å². The lowest BCUT2D eigenvalue weighted by Gasteiger charge is -2.22. The number of ether oxygens (including phenoxy) is 2. The van der Waals surface area contributed by atoms with Gasteiger partial charge < -0.3 is 9.47 Å². The van der Waals surface area contributed by atoms with Gasteiger partial charge >= 0.3 is 0 Å². The molecule has 0 aromatic rings. The minimum Gasteiger partial charge on any atom is -0.342 e. The van der Waals surface area contributed by atoms with Gasteiger partial charge in [-0.3, -0.25) is 0 Å². The summed E-state index contributed by atoms with van der Waals surface area (Å²) < 4.78 is 9.97. The van der Waals surface area contributed by atoms with Gasteiger partial charge in [0.2, 0.25) is 6.41 Å². The van der Waals surface area contributed by atoms with Gasteiger partial charge in [-0.05, 0) is 12.8 Å². The summed E-state index contributed by atoms with van der Waals surface area (Å²) >= 11 is 0. The Morgan fingerprint density at radius 2 is 1.73 bits per heavy atom. The highest BCUT2D eigenvalue weighted by Gasteiger charge is 2.14. The summed E-state index contributed by atoms with van der Waals surface area (Å²) in [7, 11) is 3.24. The lowest BCUT2D eigenvalue weighted by molar-refractivity contribution is -0.155. The van der Waals surface area contributed by atoms with E-state index < -0.39 is 0 Å². The van der Waals surface area contributed by atoms with Crippen molar-refractivity contribution in [3.05, 3.63) is 0 Å². The van der Waals surface area contributed by atoms with Gasteiger partial charge in [-0.25, -0.2) is 10.4 Å². The Labute approximate surface area is 67.4 Å². The molecule has 0 saturated carbocycles. The largest absolute Gasteiger partial charge is 0.342 e. The smallest absolute Gasteiger partial charge is 0.228 e. The van der Waals surface area contributed by atoms with Gasteiger partial charge in [-0.15, -0.1) is 0 Å². The van der Waals surface area contributed by atoms with Crippen LogP contribution in [-0.2, 0) is 9.47 Å². The van der Waals surface area contributed by atoms with Gasteiger partial charge in [0.1, 0.15) is 0 Å². The maximum absolute atomic E-state index is 4.99. The van der Waals surface area contributed by atoms with E-state index in [0.29, 0.717) is 0 Å². The Hall–Kier alpha value is -0.160. The number of nitrogens with zero attached hydrogens (tertiary/aromatic N) is 1. The summed E-state index contributed by atoms with van der Waals surface area (Å²) in [5.41, 5.74) is 3.10. The van der Waals surface area contributed by atoms with Gasteiger partial charge in [-0.1, -0.05) is 0 Å². The van der Waals surface area contributed by atoms with E-state index in [9.17, 15) is 0 Å². The van der Waals surface area contributed by atoms with E-state index in [1.807, 2.05) is 0 Å². The van der Waals surface area contributed by atoms with Crippen LogP contribution < -0.4 is 5.43 Å². The lowest BCUT2D eigenvalue weighted by Crippen LogP contribution is -2.44. The first-order valence-electron chi connectivity index (χ1n) is 3.93. The highest BCUT2D eigenvalue weighted by Crippen LogP contribution is 2.04.